The Morgan fingerprint density at radius 1 is 1.09 bits per heavy atom. The fourth-order valence-electron chi connectivity index (χ4n) is 1.04. The average molecular weight is 164 g/mol. The normalized spacial score (nSPS) is 8.91. The van der Waals surface area contributed by atoms with Gasteiger partial charge in [0.2, 0.25) is 0 Å². The zero-order chi connectivity index (χ0) is 7.40. The molecule has 0 heterocycles. The molecule has 1 aromatic rings. The maximum Gasteiger partial charge on any atom is 0.187 e. The van der Waals surface area contributed by atoms with Gasteiger partial charge in [0.25, 0.3) is 0 Å². The van der Waals surface area contributed by atoms with E-state index in [0.29, 0.717) is 0 Å². The maximum atomic E-state index is 2.21. The molecule has 0 fully saturated rings. The van der Waals surface area contributed by atoms with Crippen LogP contribution in [0.1, 0.15) is 24.5 Å². The summed E-state index contributed by atoms with van der Waals surface area (Å²) in [7, 11) is 0. The molecular formula is C10H17Al. The first-order chi connectivity index (χ1) is 4.83. The van der Waals surface area contributed by atoms with Crippen LogP contribution in [0.3, 0.4) is 0 Å². The lowest BCUT2D eigenvalue weighted by atomic mass is 10.1. The van der Waals surface area contributed by atoms with E-state index in [-0.39, 0.29) is 17.4 Å². The van der Waals surface area contributed by atoms with Crippen LogP contribution in [0.25, 0.3) is 0 Å². The molecule has 0 nitrogen and oxygen atoms in total. The summed E-state index contributed by atoms with van der Waals surface area (Å²) in [4.78, 5) is 0. The molecule has 0 spiro atoms. The zero-order valence-electron chi connectivity index (χ0n) is 6.72. The van der Waals surface area contributed by atoms with Gasteiger partial charge in [-0.15, -0.1) is 0 Å². The van der Waals surface area contributed by atoms with E-state index in [1.807, 2.05) is 0 Å². The molecule has 1 aromatic carbocycles. The lowest BCUT2D eigenvalue weighted by molar-refractivity contribution is 0.921. The number of hydrogen-bond acceptors (Lipinski definition) is 0. The van der Waals surface area contributed by atoms with Crippen LogP contribution in [0.15, 0.2) is 24.3 Å². The third-order valence-corrected chi connectivity index (χ3v) is 1.66. The summed E-state index contributed by atoms with van der Waals surface area (Å²) in [6.45, 7) is 4.33. The van der Waals surface area contributed by atoms with Crippen LogP contribution in [-0.4, -0.2) is 17.4 Å². The molecular weight excluding hydrogens is 147 g/mol. The molecule has 60 valence electrons. The minimum Gasteiger partial charge on any atom is -0.0651 e. The highest BCUT2D eigenvalue weighted by Crippen LogP contribution is 2.04. The van der Waals surface area contributed by atoms with Gasteiger partial charge < -0.3 is 0 Å². The van der Waals surface area contributed by atoms with Crippen molar-refractivity contribution in [1.29, 1.82) is 0 Å². The van der Waals surface area contributed by atoms with Crippen molar-refractivity contribution in [3.8, 4) is 0 Å². The van der Waals surface area contributed by atoms with Gasteiger partial charge in [-0.25, -0.2) is 0 Å². The van der Waals surface area contributed by atoms with Crippen LogP contribution in [-0.2, 0) is 6.42 Å². The summed E-state index contributed by atoms with van der Waals surface area (Å²) >= 11 is 0. The van der Waals surface area contributed by atoms with Crippen LogP contribution >= 0.6 is 0 Å². The summed E-state index contributed by atoms with van der Waals surface area (Å²) in [5, 5.41) is 0. The number of rotatable bonds is 2. The summed E-state index contributed by atoms with van der Waals surface area (Å²) in [5.74, 6) is 0. The molecule has 0 amide bonds. The van der Waals surface area contributed by atoms with Crippen LogP contribution in [0.5, 0.6) is 0 Å². The van der Waals surface area contributed by atoms with Crippen molar-refractivity contribution in [3.63, 3.8) is 0 Å². The fraction of sp³-hybridized carbons (Fsp3) is 0.400. The van der Waals surface area contributed by atoms with Crippen LogP contribution in [0.2, 0.25) is 0 Å². The van der Waals surface area contributed by atoms with E-state index in [4.69, 9.17) is 0 Å². The number of aryl methyl sites for hydroxylation is 2. The highest BCUT2D eigenvalue weighted by atomic mass is 27.0. The molecule has 0 radical (unpaired) electrons. The van der Waals surface area contributed by atoms with Crippen molar-refractivity contribution in [2.24, 2.45) is 0 Å². The number of hydrogen-bond donors (Lipinski definition) is 0. The molecule has 0 aliphatic carbocycles. The van der Waals surface area contributed by atoms with Crippen molar-refractivity contribution < 1.29 is 0 Å². The van der Waals surface area contributed by atoms with Crippen molar-refractivity contribution in [1.82, 2.24) is 0 Å². The molecule has 1 rings (SSSR count). The van der Waals surface area contributed by atoms with E-state index in [0.717, 1.165) is 0 Å². The van der Waals surface area contributed by atoms with Crippen molar-refractivity contribution >= 4 is 17.4 Å². The van der Waals surface area contributed by atoms with Crippen molar-refractivity contribution in [3.05, 3.63) is 35.4 Å². The monoisotopic (exact) mass is 164 g/mol. The Balaban J connectivity index is 0.000001000. The van der Waals surface area contributed by atoms with E-state index in [1.54, 1.807) is 0 Å². The average Bonchev–Trinajstić information content (AvgIpc) is 1.95. The van der Waals surface area contributed by atoms with E-state index >= 15 is 0 Å². The lowest BCUT2D eigenvalue weighted by Gasteiger charge is -1.97. The first-order valence-electron chi connectivity index (χ1n) is 3.88. The molecule has 0 aromatic heterocycles. The van der Waals surface area contributed by atoms with Gasteiger partial charge >= 0.3 is 0 Å². The second-order valence-corrected chi connectivity index (χ2v) is 2.74. The summed E-state index contributed by atoms with van der Waals surface area (Å²) in [6, 6.07) is 8.76. The third-order valence-electron chi connectivity index (χ3n) is 1.66. The smallest absolute Gasteiger partial charge is 0.0651 e. The van der Waals surface area contributed by atoms with Gasteiger partial charge in [0.15, 0.2) is 17.4 Å². The quantitative estimate of drug-likeness (QED) is 0.584. The second kappa shape index (κ2) is 5.41. The summed E-state index contributed by atoms with van der Waals surface area (Å²) in [6.07, 6.45) is 2.45. The van der Waals surface area contributed by atoms with Gasteiger partial charge in [0.1, 0.15) is 0 Å². The molecule has 0 aliphatic heterocycles. The Morgan fingerprint density at radius 3 is 2.09 bits per heavy atom. The molecule has 0 N–H and O–H groups in total. The van der Waals surface area contributed by atoms with E-state index in [9.17, 15) is 0 Å². The molecule has 0 saturated carbocycles. The van der Waals surface area contributed by atoms with E-state index < -0.39 is 0 Å². The lowest BCUT2D eigenvalue weighted by Crippen LogP contribution is -1.81. The van der Waals surface area contributed by atoms with Crippen molar-refractivity contribution in [2.75, 3.05) is 0 Å². The maximum absolute atomic E-state index is 2.21. The Kier molecular flexibility index (Phi) is 5.29. The largest absolute Gasteiger partial charge is 0.187 e. The van der Waals surface area contributed by atoms with Crippen LogP contribution < -0.4 is 0 Å². The topological polar surface area (TPSA) is 0 Å². The Bertz CT molecular complexity index is 189. The summed E-state index contributed by atoms with van der Waals surface area (Å²) < 4.78 is 0. The first kappa shape index (κ1) is 10.8. The first-order valence-corrected chi connectivity index (χ1v) is 3.88. The zero-order valence-corrected chi connectivity index (χ0v) is 6.72. The SMILES string of the molecule is CCCc1ccc(C)cc1.[AlH3]. The van der Waals surface area contributed by atoms with Gasteiger partial charge in [-0.3, -0.25) is 0 Å². The van der Waals surface area contributed by atoms with E-state index in [1.165, 1.54) is 24.0 Å². The predicted octanol–water partition coefficient (Wildman–Crippen LogP) is 1.76. The van der Waals surface area contributed by atoms with Crippen LogP contribution in [0, 0.1) is 6.92 Å². The van der Waals surface area contributed by atoms with Gasteiger partial charge in [-0.2, -0.15) is 0 Å². The van der Waals surface area contributed by atoms with E-state index in [2.05, 4.69) is 38.1 Å². The van der Waals surface area contributed by atoms with Gasteiger partial charge in [0, 0.05) is 0 Å². The molecule has 0 bridgehead atoms. The standard InChI is InChI=1S/C10H14.Al.3H/c1-3-4-10-7-5-9(2)6-8-10;;;;/h5-8H,3-4H2,1-2H3;;;;. The Hall–Kier alpha value is -0.248. The van der Waals surface area contributed by atoms with Gasteiger partial charge in [-0.05, 0) is 18.9 Å². The van der Waals surface area contributed by atoms with Crippen molar-refractivity contribution in [2.45, 2.75) is 26.7 Å². The fourth-order valence-corrected chi connectivity index (χ4v) is 1.04. The van der Waals surface area contributed by atoms with Gasteiger partial charge in [-0.1, -0.05) is 43.2 Å². The Morgan fingerprint density at radius 2 is 1.64 bits per heavy atom. The highest BCUT2D eigenvalue weighted by Gasteiger charge is 1.87. The predicted molar refractivity (Wildman–Crippen MR) is 55.1 cm³/mol. The minimum atomic E-state index is 0. The number of benzene rings is 1. The Labute approximate surface area is 79.8 Å². The third kappa shape index (κ3) is 3.60. The minimum absolute atomic E-state index is 0. The molecule has 0 unspecified atom stereocenters. The summed E-state index contributed by atoms with van der Waals surface area (Å²) in [5.41, 5.74) is 2.80. The molecule has 0 atom stereocenters. The second-order valence-electron chi connectivity index (χ2n) is 2.74. The molecule has 0 saturated heterocycles. The van der Waals surface area contributed by atoms with Crippen LogP contribution in [0.4, 0.5) is 0 Å². The highest BCUT2D eigenvalue weighted by molar-refractivity contribution is 5.75. The van der Waals surface area contributed by atoms with Gasteiger partial charge in [0.05, 0.1) is 0 Å². The molecule has 0 aliphatic rings. The molecule has 1 heteroatoms. The molecule has 11 heavy (non-hydrogen) atoms.